The highest BCUT2D eigenvalue weighted by molar-refractivity contribution is 5.96. The molecule has 0 unspecified atom stereocenters. The molecule has 14 nitrogen and oxygen atoms in total. The first-order valence-corrected chi connectivity index (χ1v) is 17.9. The van der Waals surface area contributed by atoms with Gasteiger partial charge in [-0.25, -0.2) is 0 Å². The minimum atomic E-state index is -1.11. The van der Waals surface area contributed by atoms with Gasteiger partial charge in [0, 0.05) is 45.9 Å². The van der Waals surface area contributed by atoms with E-state index in [1.165, 1.54) is 30.7 Å². The molecule has 14 heteroatoms. The van der Waals surface area contributed by atoms with Crippen LogP contribution in [0.3, 0.4) is 0 Å². The molecule has 0 aromatic heterocycles. The first kappa shape index (κ1) is 39.5. The zero-order valence-electron chi connectivity index (χ0n) is 30.6. The molecule has 0 aliphatic carbocycles. The van der Waals surface area contributed by atoms with Crippen LogP contribution >= 0.6 is 0 Å². The molecule has 4 rings (SSSR count). The van der Waals surface area contributed by atoms with Crippen molar-refractivity contribution >= 4 is 41.4 Å². The topological polar surface area (TPSA) is 177 Å². The highest BCUT2D eigenvalue weighted by Gasteiger charge is 2.35. The van der Waals surface area contributed by atoms with Gasteiger partial charge in [0.05, 0.1) is 12.6 Å². The predicted molar refractivity (Wildman–Crippen MR) is 193 cm³/mol. The van der Waals surface area contributed by atoms with E-state index in [-0.39, 0.29) is 37.8 Å². The van der Waals surface area contributed by atoms with Crippen molar-refractivity contribution in [1.82, 2.24) is 36.0 Å². The lowest BCUT2D eigenvalue weighted by molar-refractivity contribution is -0.143. The molecule has 0 saturated carbocycles. The largest absolute Gasteiger partial charge is 0.346 e. The van der Waals surface area contributed by atoms with E-state index in [2.05, 4.69) is 21.3 Å². The summed E-state index contributed by atoms with van der Waals surface area (Å²) in [6.45, 7) is 6.70. The van der Waals surface area contributed by atoms with E-state index in [1.54, 1.807) is 49.1 Å². The Labute approximate surface area is 305 Å². The Morgan fingerprint density at radius 3 is 2.10 bits per heavy atom. The molecule has 0 bridgehead atoms. The van der Waals surface area contributed by atoms with E-state index in [1.807, 2.05) is 30.3 Å². The van der Waals surface area contributed by atoms with Crippen LogP contribution in [0.2, 0.25) is 0 Å². The van der Waals surface area contributed by atoms with Gasteiger partial charge in [0.1, 0.15) is 24.2 Å². The third-order valence-corrected chi connectivity index (χ3v) is 9.60. The lowest BCUT2D eigenvalue weighted by Crippen LogP contribution is -2.59. The van der Waals surface area contributed by atoms with E-state index >= 15 is 0 Å². The number of carbonyl (C=O) groups excluding carboxylic acids is 7. The Balaban J connectivity index is 1.72. The van der Waals surface area contributed by atoms with Crippen molar-refractivity contribution in [3.05, 3.63) is 71.8 Å². The monoisotopic (exact) mass is 717 g/mol. The lowest BCUT2D eigenvalue weighted by atomic mass is 10.0. The van der Waals surface area contributed by atoms with Crippen LogP contribution in [0, 0.1) is 5.92 Å². The van der Waals surface area contributed by atoms with Crippen LogP contribution in [0.25, 0.3) is 0 Å². The van der Waals surface area contributed by atoms with Crippen molar-refractivity contribution in [1.29, 1.82) is 0 Å². The van der Waals surface area contributed by atoms with Crippen LogP contribution in [-0.2, 0) is 40.0 Å². The summed E-state index contributed by atoms with van der Waals surface area (Å²) in [5, 5.41) is 11.2. The number of hydrogen-bond donors (Lipinski definition) is 4. The van der Waals surface area contributed by atoms with E-state index < -0.39 is 72.2 Å². The second kappa shape index (κ2) is 18.3. The summed E-state index contributed by atoms with van der Waals surface area (Å²) < 4.78 is 0. The predicted octanol–water partition coefficient (Wildman–Crippen LogP) is 0.919. The van der Waals surface area contributed by atoms with Crippen molar-refractivity contribution in [2.75, 3.05) is 33.2 Å². The number of benzene rings is 2. The molecule has 7 amide bonds. The molecule has 52 heavy (non-hydrogen) atoms. The highest BCUT2D eigenvalue weighted by Crippen LogP contribution is 2.18. The Morgan fingerprint density at radius 1 is 0.827 bits per heavy atom. The third kappa shape index (κ3) is 10.6. The summed E-state index contributed by atoms with van der Waals surface area (Å²) in [6.07, 6.45) is 1.17. The number of hydrogen-bond acceptors (Lipinski definition) is 7. The smallest absolute Gasteiger partial charge is 0.245 e. The van der Waals surface area contributed by atoms with Crippen molar-refractivity contribution in [3.8, 4) is 0 Å². The van der Waals surface area contributed by atoms with Crippen molar-refractivity contribution in [2.45, 2.75) is 83.6 Å². The van der Waals surface area contributed by atoms with Gasteiger partial charge in [0.25, 0.3) is 0 Å². The second-order valence-electron chi connectivity index (χ2n) is 13.9. The van der Waals surface area contributed by atoms with E-state index in [9.17, 15) is 33.6 Å². The molecule has 0 spiro atoms. The fraction of sp³-hybridized carbons (Fsp3) is 0.500. The highest BCUT2D eigenvalue weighted by atomic mass is 16.2. The van der Waals surface area contributed by atoms with Crippen LogP contribution in [0.5, 0.6) is 0 Å². The van der Waals surface area contributed by atoms with Crippen molar-refractivity contribution < 1.29 is 33.6 Å². The van der Waals surface area contributed by atoms with E-state index in [0.717, 1.165) is 5.56 Å². The fourth-order valence-electron chi connectivity index (χ4n) is 6.27. The van der Waals surface area contributed by atoms with Crippen LogP contribution in [0.15, 0.2) is 60.7 Å². The van der Waals surface area contributed by atoms with Gasteiger partial charge in [0.15, 0.2) is 0 Å². The van der Waals surface area contributed by atoms with Crippen molar-refractivity contribution in [3.63, 3.8) is 0 Å². The molecular formula is C38H51N7O7. The Hall–Kier alpha value is -5.27. The summed E-state index contributed by atoms with van der Waals surface area (Å²) in [5.74, 6) is -3.70. The summed E-state index contributed by atoms with van der Waals surface area (Å²) in [4.78, 5) is 98.8. The molecule has 2 saturated heterocycles. The van der Waals surface area contributed by atoms with Crippen molar-refractivity contribution in [2.24, 2.45) is 5.92 Å². The number of carbonyl (C=O) groups is 7. The summed E-state index contributed by atoms with van der Waals surface area (Å²) in [7, 11) is 1.45. The normalized spacial score (nSPS) is 24.5. The third-order valence-electron chi connectivity index (χ3n) is 9.60. The van der Waals surface area contributed by atoms with Gasteiger partial charge in [-0.2, -0.15) is 0 Å². The molecule has 2 heterocycles. The molecule has 2 aliphatic rings. The zero-order chi connectivity index (χ0) is 37.9. The standard InChI is InChI=1S/C38H51N7O7/c1-24(2)34-37(51)39-25(3)35(49)41-30(28-15-10-7-11-16-28)22-45(33(48)18-20-44-19-12-17-32(44)47)23-31(46)40-29(21-27-13-8-6-9-14-27)38(52)43(5)26(4)36(50)42-34/h6-11,13-16,24-26,29-30,34H,12,17-23H2,1-5H3,(H,39,51)(H,40,46)(H,41,49)(H,42,50)/t25-,26-,29-,30-,34+/m0/s1. The molecule has 2 fully saturated rings. The van der Waals surface area contributed by atoms with E-state index in [0.29, 0.717) is 24.9 Å². The quantitative estimate of drug-likeness (QED) is 0.329. The Morgan fingerprint density at radius 2 is 1.48 bits per heavy atom. The number of nitrogens with zero attached hydrogens (tertiary/aromatic N) is 3. The molecule has 2 aliphatic heterocycles. The van der Waals surface area contributed by atoms with Crippen LogP contribution in [0.4, 0.5) is 0 Å². The summed E-state index contributed by atoms with van der Waals surface area (Å²) >= 11 is 0. The molecule has 2 aromatic rings. The van der Waals surface area contributed by atoms with Crippen LogP contribution in [0.1, 0.15) is 64.1 Å². The maximum absolute atomic E-state index is 14.0. The average Bonchev–Trinajstić information content (AvgIpc) is 3.54. The number of amides is 7. The Kier molecular flexibility index (Phi) is 13.9. The molecule has 5 atom stereocenters. The van der Waals surface area contributed by atoms with Crippen LogP contribution in [-0.4, -0.2) is 113 Å². The van der Waals surface area contributed by atoms with Gasteiger partial charge in [-0.05, 0) is 37.3 Å². The number of nitrogens with one attached hydrogen (secondary N) is 4. The maximum Gasteiger partial charge on any atom is 0.245 e. The lowest BCUT2D eigenvalue weighted by Gasteiger charge is -2.33. The maximum atomic E-state index is 14.0. The Bertz CT molecular complexity index is 1600. The van der Waals surface area contributed by atoms with E-state index in [4.69, 9.17) is 0 Å². The molecule has 280 valence electrons. The SMILES string of the molecule is CC(C)[C@H]1NC(=O)[C@H](C)N(C)C(=O)[C@H](Cc2ccccc2)NC(=O)CN(C(=O)CCN2CCCC2=O)C[C@@H](c2ccccc2)NC(=O)[C@H](C)NC1=O. The van der Waals surface area contributed by atoms with Gasteiger partial charge in [-0.15, -0.1) is 0 Å². The van der Waals surface area contributed by atoms with Crippen LogP contribution < -0.4 is 21.3 Å². The molecule has 4 N–H and O–H groups in total. The van der Waals surface area contributed by atoms with Gasteiger partial charge >= 0.3 is 0 Å². The first-order chi connectivity index (χ1) is 24.7. The summed E-state index contributed by atoms with van der Waals surface area (Å²) in [6, 6.07) is 13.0. The second-order valence-corrected chi connectivity index (χ2v) is 13.9. The fourth-order valence-corrected chi connectivity index (χ4v) is 6.27. The summed E-state index contributed by atoms with van der Waals surface area (Å²) in [5.41, 5.74) is 1.41. The van der Waals surface area contributed by atoms with Gasteiger partial charge in [-0.1, -0.05) is 74.5 Å². The number of likely N-dealkylation sites (tertiary alicyclic amines) is 1. The number of likely N-dealkylation sites (N-methyl/N-ethyl adjacent to an activating group) is 1. The van der Waals surface area contributed by atoms with Gasteiger partial charge in [0.2, 0.25) is 41.4 Å². The molecular weight excluding hydrogens is 666 g/mol. The average molecular weight is 718 g/mol. The zero-order valence-corrected chi connectivity index (χ0v) is 30.6. The molecule has 0 radical (unpaired) electrons. The first-order valence-electron chi connectivity index (χ1n) is 17.9. The minimum Gasteiger partial charge on any atom is -0.346 e. The number of rotatable bonds is 7. The van der Waals surface area contributed by atoms with Gasteiger partial charge < -0.3 is 36.0 Å². The molecule has 2 aromatic carbocycles. The minimum absolute atomic E-state index is 0.0373. The van der Waals surface area contributed by atoms with Gasteiger partial charge in [-0.3, -0.25) is 33.6 Å².